The molecule has 4 rings (SSSR count). The maximum Gasteiger partial charge on any atom is 0.213 e. The third kappa shape index (κ3) is 3.28. The fourth-order valence-corrected chi connectivity index (χ4v) is 3.45. The van der Waals surface area contributed by atoms with Crippen molar-refractivity contribution in [2.75, 3.05) is 7.11 Å². The topological polar surface area (TPSA) is 57.8 Å². The van der Waals surface area contributed by atoms with Gasteiger partial charge in [0.05, 0.1) is 37.2 Å². The summed E-state index contributed by atoms with van der Waals surface area (Å²) in [6.45, 7) is 4.90. The molecule has 27 heavy (non-hydrogen) atoms. The number of benzene rings is 1. The van der Waals surface area contributed by atoms with E-state index >= 15 is 0 Å². The molecule has 0 aliphatic rings. The average Bonchev–Trinajstić information content (AvgIpc) is 3.25. The van der Waals surface area contributed by atoms with Crippen LogP contribution in [0.2, 0.25) is 5.02 Å². The van der Waals surface area contributed by atoms with Crippen LogP contribution in [0.4, 0.5) is 0 Å². The number of hydrogen-bond acceptors (Lipinski definition) is 4. The summed E-state index contributed by atoms with van der Waals surface area (Å²) in [6, 6.07) is 8.12. The molecule has 0 bridgehead atoms. The van der Waals surface area contributed by atoms with E-state index < -0.39 is 0 Å². The molecule has 4 aromatic rings. The molecule has 3 heterocycles. The Morgan fingerprint density at radius 1 is 1.11 bits per heavy atom. The zero-order chi connectivity index (χ0) is 19.0. The van der Waals surface area contributed by atoms with Gasteiger partial charge in [-0.25, -0.2) is 9.97 Å². The molecule has 0 atom stereocenters. The summed E-state index contributed by atoms with van der Waals surface area (Å²) in [5.41, 5.74) is 3.95. The molecule has 0 aliphatic heterocycles. The highest BCUT2D eigenvalue weighted by Crippen LogP contribution is 2.30. The summed E-state index contributed by atoms with van der Waals surface area (Å²) in [5, 5.41) is 0.704. The second kappa shape index (κ2) is 7.04. The molecule has 1 aromatic carbocycles. The van der Waals surface area contributed by atoms with E-state index in [4.69, 9.17) is 21.3 Å². The molecule has 3 aromatic heterocycles. The van der Waals surface area contributed by atoms with E-state index in [9.17, 15) is 0 Å². The predicted octanol–water partition coefficient (Wildman–Crippen LogP) is 4.59. The lowest BCUT2D eigenvalue weighted by Crippen LogP contribution is -2.05. The van der Waals surface area contributed by atoms with E-state index in [0.29, 0.717) is 17.4 Å². The van der Waals surface area contributed by atoms with Crippen molar-refractivity contribution in [2.45, 2.75) is 26.4 Å². The molecule has 0 unspecified atom stereocenters. The quantitative estimate of drug-likeness (QED) is 0.507. The highest BCUT2D eigenvalue weighted by atomic mass is 35.5. The first-order valence-corrected chi connectivity index (χ1v) is 9.10. The summed E-state index contributed by atoms with van der Waals surface area (Å²) in [7, 11) is 1.64. The fraction of sp³-hybridized carbons (Fsp3) is 0.250. The van der Waals surface area contributed by atoms with Gasteiger partial charge in [0.25, 0.3) is 0 Å². The van der Waals surface area contributed by atoms with E-state index in [1.165, 1.54) is 0 Å². The normalized spacial score (nSPS) is 11.4. The molecule has 138 valence electrons. The highest BCUT2D eigenvalue weighted by Gasteiger charge is 2.16. The molecule has 0 N–H and O–H groups in total. The first-order chi connectivity index (χ1) is 13.1. The maximum absolute atomic E-state index is 6.21. The van der Waals surface area contributed by atoms with Crippen LogP contribution in [0.25, 0.3) is 22.4 Å². The van der Waals surface area contributed by atoms with Gasteiger partial charge in [-0.1, -0.05) is 11.6 Å². The molecule has 0 radical (unpaired) electrons. The maximum atomic E-state index is 6.21. The minimum atomic E-state index is 0.237. The third-order valence-corrected chi connectivity index (χ3v) is 4.69. The first-order valence-electron chi connectivity index (χ1n) is 8.72. The standard InChI is InChI=1S/C20H20ClN5O/c1-13(2)26-18-7-16(21)4-5-17(18)24-20(26)15-6-14(8-22-9-15)11-25-12-23-10-19(25)27-3/h4-10,12-13H,11H2,1-3H3. The van der Waals surface area contributed by atoms with E-state index in [0.717, 1.165) is 28.0 Å². The Morgan fingerprint density at radius 2 is 1.96 bits per heavy atom. The molecule has 0 fully saturated rings. The van der Waals surface area contributed by atoms with Crippen LogP contribution < -0.4 is 4.74 Å². The van der Waals surface area contributed by atoms with Gasteiger partial charge < -0.3 is 9.30 Å². The number of nitrogens with zero attached hydrogens (tertiary/aromatic N) is 5. The largest absolute Gasteiger partial charge is 0.481 e. The van der Waals surface area contributed by atoms with Crippen molar-refractivity contribution >= 4 is 22.6 Å². The van der Waals surface area contributed by atoms with Crippen molar-refractivity contribution < 1.29 is 4.74 Å². The lowest BCUT2D eigenvalue weighted by atomic mass is 10.2. The summed E-state index contributed by atoms with van der Waals surface area (Å²) in [4.78, 5) is 13.4. The number of ether oxygens (including phenoxy) is 1. The van der Waals surface area contributed by atoms with Gasteiger partial charge in [-0.05, 0) is 43.7 Å². The van der Waals surface area contributed by atoms with Gasteiger partial charge in [0, 0.05) is 29.0 Å². The Kier molecular flexibility index (Phi) is 4.58. The van der Waals surface area contributed by atoms with Crippen molar-refractivity contribution in [1.82, 2.24) is 24.1 Å². The third-order valence-electron chi connectivity index (χ3n) is 4.46. The summed E-state index contributed by atoms with van der Waals surface area (Å²) in [6.07, 6.45) is 7.13. The Labute approximate surface area is 162 Å². The monoisotopic (exact) mass is 381 g/mol. The van der Waals surface area contributed by atoms with Gasteiger partial charge in [0.15, 0.2) is 0 Å². The van der Waals surface area contributed by atoms with E-state index in [1.807, 2.05) is 35.2 Å². The second-order valence-corrected chi connectivity index (χ2v) is 7.11. The summed E-state index contributed by atoms with van der Waals surface area (Å²) < 4.78 is 9.46. The molecule has 0 aliphatic carbocycles. The molecule has 0 amide bonds. The van der Waals surface area contributed by atoms with Crippen LogP contribution in [-0.4, -0.2) is 31.2 Å². The van der Waals surface area contributed by atoms with Crippen molar-refractivity contribution in [3.63, 3.8) is 0 Å². The number of fused-ring (bicyclic) bond motifs is 1. The molecular formula is C20H20ClN5O. The Hall–Kier alpha value is -2.86. The first kappa shape index (κ1) is 17.5. The van der Waals surface area contributed by atoms with Crippen LogP contribution in [0.5, 0.6) is 5.88 Å². The van der Waals surface area contributed by atoms with Gasteiger partial charge in [0.2, 0.25) is 5.88 Å². The molecular weight excluding hydrogens is 362 g/mol. The van der Waals surface area contributed by atoms with Crippen LogP contribution in [0, 0.1) is 0 Å². The summed E-state index contributed by atoms with van der Waals surface area (Å²) >= 11 is 6.21. The highest BCUT2D eigenvalue weighted by molar-refractivity contribution is 6.31. The molecule has 6 nitrogen and oxygen atoms in total. The predicted molar refractivity (Wildman–Crippen MR) is 106 cm³/mol. The Balaban J connectivity index is 1.79. The van der Waals surface area contributed by atoms with Crippen LogP contribution in [-0.2, 0) is 6.54 Å². The summed E-state index contributed by atoms with van der Waals surface area (Å²) in [5.74, 6) is 1.60. The molecule has 0 spiro atoms. The van der Waals surface area contributed by atoms with Crippen LogP contribution in [0.3, 0.4) is 0 Å². The van der Waals surface area contributed by atoms with Gasteiger partial charge in [0.1, 0.15) is 5.82 Å². The van der Waals surface area contributed by atoms with Gasteiger partial charge in [-0.15, -0.1) is 0 Å². The Morgan fingerprint density at radius 3 is 2.74 bits per heavy atom. The Bertz CT molecular complexity index is 1100. The molecule has 7 heteroatoms. The van der Waals surface area contributed by atoms with Gasteiger partial charge in [-0.3, -0.25) is 9.55 Å². The van der Waals surface area contributed by atoms with Crippen molar-refractivity contribution in [3.05, 3.63) is 59.8 Å². The molecule has 0 saturated heterocycles. The number of halogens is 1. The van der Waals surface area contributed by atoms with E-state index in [2.05, 4.69) is 34.4 Å². The van der Waals surface area contributed by atoms with E-state index in [-0.39, 0.29) is 6.04 Å². The molecule has 0 saturated carbocycles. The SMILES string of the molecule is COc1cncn1Cc1cncc(-c2nc3ccc(Cl)cc3n2C(C)C)c1. The number of hydrogen-bond donors (Lipinski definition) is 0. The number of aromatic nitrogens is 5. The number of imidazole rings is 2. The van der Waals surface area contributed by atoms with Crippen LogP contribution in [0.15, 0.2) is 49.2 Å². The lowest BCUT2D eigenvalue weighted by Gasteiger charge is -2.14. The lowest BCUT2D eigenvalue weighted by molar-refractivity contribution is 0.377. The number of pyridine rings is 1. The van der Waals surface area contributed by atoms with Gasteiger partial charge in [-0.2, -0.15) is 0 Å². The smallest absolute Gasteiger partial charge is 0.213 e. The van der Waals surface area contributed by atoms with Crippen molar-refractivity contribution in [2.24, 2.45) is 0 Å². The fourth-order valence-electron chi connectivity index (χ4n) is 3.28. The van der Waals surface area contributed by atoms with Crippen LogP contribution in [0.1, 0.15) is 25.5 Å². The average molecular weight is 382 g/mol. The van der Waals surface area contributed by atoms with Crippen molar-refractivity contribution in [3.8, 4) is 17.3 Å². The number of methoxy groups -OCH3 is 1. The minimum Gasteiger partial charge on any atom is -0.481 e. The minimum absolute atomic E-state index is 0.237. The van der Waals surface area contributed by atoms with E-state index in [1.54, 1.807) is 19.6 Å². The zero-order valence-corrected chi connectivity index (χ0v) is 16.2. The van der Waals surface area contributed by atoms with Crippen molar-refractivity contribution in [1.29, 1.82) is 0 Å². The van der Waals surface area contributed by atoms with Gasteiger partial charge >= 0.3 is 0 Å². The number of rotatable bonds is 5. The van der Waals surface area contributed by atoms with Crippen LogP contribution >= 0.6 is 11.6 Å². The second-order valence-electron chi connectivity index (χ2n) is 6.68. The zero-order valence-electron chi connectivity index (χ0n) is 15.4.